The Morgan fingerprint density at radius 2 is 2.13 bits per heavy atom. The molecule has 0 spiro atoms. The highest BCUT2D eigenvalue weighted by atomic mass is 16.4. The zero-order chi connectivity index (χ0) is 16.6. The van der Waals surface area contributed by atoms with Gasteiger partial charge in [0.25, 0.3) is 5.56 Å². The van der Waals surface area contributed by atoms with Crippen LogP contribution in [0, 0.1) is 6.92 Å². The van der Waals surface area contributed by atoms with Crippen LogP contribution in [-0.2, 0) is 11.8 Å². The number of fused-ring (bicyclic) bond motifs is 1. The summed E-state index contributed by atoms with van der Waals surface area (Å²) in [7, 11) is 1.63. The fourth-order valence-electron chi connectivity index (χ4n) is 2.61. The molecule has 0 saturated heterocycles. The lowest BCUT2D eigenvalue weighted by Crippen LogP contribution is -2.20. The standard InChI is InChI=1S/C17H14N2O4/c1-10-3-4-11-12(5-6-15(20)21)16(14-8-18-9-23-14)19(2)17(22)13(11)7-10/h3-9H,1-2H3,(H,20,21)/b6-5+. The molecule has 3 aromatic rings. The first kappa shape index (κ1) is 14.8. The summed E-state index contributed by atoms with van der Waals surface area (Å²) in [6.07, 6.45) is 5.27. The zero-order valence-corrected chi connectivity index (χ0v) is 12.6. The Balaban J connectivity index is 2.48. The molecule has 1 aromatic carbocycles. The van der Waals surface area contributed by atoms with Gasteiger partial charge in [-0.3, -0.25) is 4.79 Å². The summed E-state index contributed by atoms with van der Waals surface area (Å²) in [5.74, 6) is -0.667. The molecule has 0 aliphatic rings. The molecule has 6 heteroatoms. The van der Waals surface area contributed by atoms with Crippen molar-refractivity contribution in [2.45, 2.75) is 6.92 Å². The molecule has 0 aliphatic heterocycles. The summed E-state index contributed by atoms with van der Waals surface area (Å²) in [6, 6.07) is 5.48. The largest absolute Gasteiger partial charge is 0.478 e. The van der Waals surface area contributed by atoms with E-state index in [-0.39, 0.29) is 5.56 Å². The molecule has 0 aliphatic carbocycles. The summed E-state index contributed by atoms with van der Waals surface area (Å²) in [4.78, 5) is 27.4. The van der Waals surface area contributed by atoms with Crippen molar-refractivity contribution in [1.82, 2.24) is 9.55 Å². The molecule has 0 atom stereocenters. The number of carboxylic acids is 1. The predicted molar refractivity (Wildman–Crippen MR) is 86.1 cm³/mol. The number of pyridine rings is 1. The molecule has 0 fully saturated rings. The van der Waals surface area contributed by atoms with Gasteiger partial charge in [0, 0.05) is 24.1 Å². The average Bonchev–Trinajstić information content (AvgIpc) is 3.03. The van der Waals surface area contributed by atoms with E-state index in [0.29, 0.717) is 27.8 Å². The maximum absolute atomic E-state index is 12.6. The Kier molecular flexibility index (Phi) is 3.57. The molecule has 6 nitrogen and oxygen atoms in total. The van der Waals surface area contributed by atoms with Gasteiger partial charge in [-0.2, -0.15) is 0 Å². The molecule has 0 radical (unpaired) electrons. The summed E-state index contributed by atoms with van der Waals surface area (Å²) < 4.78 is 6.77. The van der Waals surface area contributed by atoms with Gasteiger partial charge in [0.05, 0.1) is 11.9 Å². The summed E-state index contributed by atoms with van der Waals surface area (Å²) >= 11 is 0. The van der Waals surface area contributed by atoms with Crippen molar-refractivity contribution in [3.05, 3.63) is 58.3 Å². The molecule has 0 unspecified atom stereocenters. The summed E-state index contributed by atoms with van der Waals surface area (Å²) in [5, 5.41) is 10.1. The zero-order valence-electron chi connectivity index (χ0n) is 12.6. The van der Waals surface area contributed by atoms with Gasteiger partial charge in [0.15, 0.2) is 12.2 Å². The molecule has 0 amide bonds. The maximum atomic E-state index is 12.6. The van der Waals surface area contributed by atoms with E-state index in [1.54, 1.807) is 13.1 Å². The third-order valence-electron chi connectivity index (χ3n) is 3.65. The van der Waals surface area contributed by atoms with Crippen LogP contribution in [0.3, 0.4) is 0 Å². The first-order valence-corrected chi connectivity index (χ1v) is 6.92. The van der Waals surface area contributed by atoms with Gasteiger partial charge in [-0.25, -0.2) is 9.78 Å². The van der Waals surface area contributed by atoms with E-state index in [1.807, 2.05) is 19.1 Å². The van der Waals surface area contributed by atoms with Crippen molar-refractivity contribution in [2.75, 3.05) is 0 Å². The number of rotatable bonds is 3. The Labute approximate surface area is 131 Å². The van der Waals surface area contributed by atoms with Gasteiger partial charge >= 0.3 is 5.97 Å². The summed E-state index contributed by atoms with van der Waals surface area (Å²) in [5.41, 5.74) is 1.86. The fraction of sp³-hybridized carbons (Fsp3) is 0.118. The number of benzene rings is 1. The van der Waals surface area contributed by atoms with Gasteiger partial charge < -0.3 is 14.1 Å². The number of nitrogens with zero attached hydrogens (tertiary/aromatic N) is 2. The maximum Gasteiger partial charge on any atom is 0.328 e. The minimum atomic E-state index is -1.07. The number of carbonyl (C=O) groups is 1. The number of oxazole rings is 1. The second-order valence-electron chi connectivity index (χ2n) is 5.21. The first-order valence-electron chi connectivity index (χ1n) is 6.92. The van der Waals surface area contributed by atoms with Crippen molar-refractivity contribution in [3.8, 4) is 11.5 Å². The van der Waals surface area contributed by atoms with Gasteiger partial charge in [-0.1, -0.05) is 17.7 Å². The molecule has 0 saturated carbocycles. The SMILES string of the molecule is Cc1ccc2c(/C=C/C(=O)O)c(-c3cnco3)n(C)c(=O)c2c1. The summed E-state index contributed by atoms with van der Waals surface area (Å²) in [6.45, 7) is 1.90. The number of hydrogen-bond acceptors (Lipinski definition) is 4. The van der Waals surface area contributed by atoms with Crippen LogP contribution >= 0.6 is 0 Å². The van der Waals surface area contributed by atoms with E-state index < -0.39 is 5.97 Å². The van der Waals surface area contributed by atoms with E-state index in [2.05, 4.69) is 4.98 Å². The molecule has 0 bridgehead atoms. The normalized spacial score (nSPS) is 11.4. The van der Waals surface area contributed by atoms with Crippen LogP contribution < -0.4 is 5.56 Å². The topological polar surface area (TPSA) is 85.3 Å². The Morgan fingerprint density at radius 3 is 2.78 bits per heavy atom. The van der Waals surface area contributed by atoms with Crippen molar-refractivity contribution in [1.29, 1.82) is 0 Å². The number of carboxylic acid groups (broad SMARTS) is 1. The molecule has 1 N–H and O–H groups in total. The average molecular weight is 310 g/mol. The van der Waals surface area contributed by atoms with Crippen molar-refractivity contribution in [2.24, 2.45) is 7.05 Å². The van der Waals surface area contributed by atoms with Crippen LogP contribution in [0.5, 0.6) is 0 Å². The quantitative estimate of drug-likeness (QED) is 0.752. The van der Waals surface area contributed by atoms with Gasteiger partial charge in [0.2, 0.25) is 0 Å². The van der Waals surface area contributed by atoms with Crippen LogP contribution in [0.25, 0.3) is 28.3 Å². The van der Waals surface area contributed by atoms with Crippen LogP contribution in [0.1, 0.15) is 11.1 Å². The van der Waals surface area contributed by atoms with Crippen molar-refractivity contribution < 1.29 is 14.3 Å². The minimum absolute atomic E-state index is 0.178. The molecular formula is C17H14N2O4. The van der Waals surface area contributed by atoms with E-state index in [1.165, 1.54) is 23.2 Å². The minimum Gasteiger partial charge on any atom is -0.478 e. The van der Waals surface area contributed by atoms with Crippen LogP contribution in [0.2, 0.25) is 0 Å². The smallest absolute Gasteiger partial charge is 0.328 e. The Hall–Kier alpha value is -3.15. The number of hydrogen-bond donors (Lipinski definition) is 1. The third-order valence-corrected chi connectivity index (χ3v) is 3.65. The lowest BCUT2D eigenvalue weighted by Gasteiger charge is -2.13. The second-order valence-corrected chi connectivity index (χ2v) is 5.21. The van der Waals surface area contributed by atoms with E-state index in [9.17, 15) is 9.59 Å². The van der Waals surface area contributed by atoms with Gasteiger partial charge in [-0.05, 0) is 24.5 Å². The number of aliphatic carboxylic acids is 1. The number of aryl methyl sites for hydroxylation is 1. The van der Waals surface area contributed by atoms with Crippen molar-refractivity contribution in [3.63, 3.8) is 0 Å². The predicted octanol–water partition coefficient (Wildman–Crippen LogP) is 2.60. The van der Waals surface area contributed by atoms with Gasteiger partial charge in [-0.15, -0.1) is 0 Å². The van der Waals surface area contributed by atoms with Crippen LogP contribution in [0.4, 0.5) is 0 Å². The Bertz CT molecular complexity index is 982. The second kappa shape index (κ2) is 5.57. The fourth-order valence-corrected chi connectivity index (χ4v) is 2.61. The van der Waals surface area contributed by atoms with Gasteiger partial charge in [0.1, 0.15) is 0 Å². The Morgan fingerprint density at radius 1 is 1.35 bits per heavy atom. The molecule has 116 valence electrons. The molecule has 2 aromatic heterocycles. The monoisotopic (exact) mass is 310 g/mol. The van der Waals surface area contributed by atoms with Crippen LogP contribution in [0.15, 0.2) is 46.1 Å². The first-order chi connectivity index (χ1) is 11.0. The lowest BCUT2D eigenvalue weighted by atomic mass is 10.0. The number of aromatic nitrogens is 2. The van der Waals surface area contributed by atoms with E-state index in [0.717, 1.165) is 11.6 Å². The van der Waals surface area contributed by atoms with Crippen LogP contribution in [-0.4, -0.2) is 20.6 Å². The molecule has 2 heterocycles. The molecular weight excluding hydrogens is 296 g/mol. The van der Waals surface area contributed by atoms with E-state index >= 15 is 0 Å². The van der Waals surface area contributed by atoms with E-state index in [4.69, 9.17) is 9.52 Å². The molecule has 23 heavy (non-hydrogen) atoms. The lowest BCUT2D eigenvalue weighted by molar-refractivity contribution is -0.131. The van der Waals surface area contributed by atoms with Crippen molar-refractivity contribution >= 4 is 22.8 Å². The highest BCUT2D eigenvalue weighted by Crippen LogP contribution is 2.29. The molecule has 3 rings (SSSR count). The highest BCUT2D eigenvalue weighted by molar-refractivity contribution is 5.98. The third kappa shape index (κ3) is 2.55. The highest BCUT2D eigenvalue weighted by Gasteiger charge is 2.17.